The minimum Gasteiger partial charge on any atom is -0.457 e. The summed E-state index contributed by atoms with van der Waals surface area (Å²) in [6.07, 6.45) is 1.05. The van der Waals surface area contributed by atoms with Crippen LogP contribution in [-0.4, -0.2) is 0 Å². The first-order valence-corrected chi connectivity index (χ1v) is 10.6. The van der Waals surface area contributed by atoms with E-state index in [0.717, 1.165) is 17.9 Å². The molecule has 1 heteroatoms. The maximum Gasteiger partial charge on any atom is 0.132 e. The second kappa shape index (κ2) is 6.74. The Kier molecular flexibility index (Phi) is 3.89. The summed E-state index contributed by atoms with van der Waals surface area (Å²) >= 11 is 0. The van der Waals surface area contributed by atoms with Crippen molar-refractivity contribution in [3.8, 4) is 11.5 Å². The molecule has 0 bridgehead atoms. The van der Waals surface area contributed by atoms with Gasteiger partial charge in [0.1, 0.15) is 11.5 Å². The van der Waals surface area contributed by atoms with Gasteiger partial charge in [0.15, 0.2) is 0 Å². The van der Waals surface area contributed by atoms with Gasteiger partial charge < -0.3 is 4.74 Å². The van der Waals surface area contributed by atoms with E-state index >= 15 is 0 Å². The van der Waals surface area contributed by atoms with Crippen LogP contribution in [-0.2, 0) is 6.42 Å². The summed E-state index contributed by atoms with van der Waals surface area (Å²) in [5.41, 5.74) is 5.20. The quantitative estimate of drug-likeness (QED) is 0.294. The van der Waals surface area contributed by atoms with E-state index in [2.05, 4.69) is 104 Å². The van der Waals surface area contributed by atoms with Crippen LogP contribution in [0.25, 0.3) is 21.5 Å². The van der Waals surface area contributed by atoms with E-state index in [-0.39, 0.29) is 5.92 Å². The van der Waals surface area contributed by atoms with Gasteiger partial charge >= 0.3 is 0 Å². The molecule has 0 saturated heterocycles. The predicted octanol–water partition coefficient (Wildman–Crippen LogP) is 7.84. The lowest BCUT2D eigenvalue weighted by Gasteiger charge is -2.31. The van der Waals surface area contributed by atoms with Gasteiger partial charge in [0.25, 0.3) is 0 Å². The van der Waals surface area contributed by atoms with Crippen LogP contribution in [0, 0.1) is 0 Å². The molecule has 1 aliphatic heterocycles. The average molecular weight is 386 g/mol. The molecule has 0 unspecified atom stereocenters. The second-order valence-electron chi connectivity index (χ2n) is 8.03. The van der Waals surface area contributed by atoms with Crippen molar-refractivity contribution in [2.45, 2.75) is 19.3 Å². The second-order valence-corrected chi connectivity index (χ2v) is 8.03. The molecule has 0 aliphatic carbocycles. The summed E-state index contributed by atoms with van der Waals surface area (Å²) in [7, 11) is 0. The van der Waals surface area contributed by atoms with Gasteiger partial charge in [-0.05, 0) is 51.2 Å². The molecule has 0 atom stereocenters. The van der Waals surface area contributed by atoms with Gasteiger partial charge in [0.05, 0.1) is 0 Å². The normalized spacial score (nSPS) is 13.1. The Labute approximate surface area is 176 Å². The third kappa shape index (κ3) is 2.55. The van der Waals surface area contributed by atoms with E-state index in [1.165, 1.54) is 43.8 Å². The highest BCUT2D eigenvalue weighted by Gasteiger charge is 2.31. The molecule has 5 aromatic carbocycles. The molecule has 0 radical (unpaired) electrons. The SMILES string of the molecule is CCc1ccc(C2c3c(ccc4ccccc34)Oc3ccc4ccccc4c32)cc1. The number of ether oxygens (including phenoxy) is 1. The molecule has 1 heterocycles. The van der Waals surface area contributed by atoms with Gasteiger partial charge in [-0.3, -0.25) is 0 Å². The Bertz CT molecular complexity index is 1310. The maximum absolute atomic E-state index is 6.49. The molecule has 1 nitrogen and oxygen atoms in total. The molecule has 0 spiro atoms. The van der Waals surface area contributed by atoms with Gasteiger partial charge in [-0.25, -0.2) is 0 Å². The molecule has 1 aliphatic rings. The largest absolute Gasteiger partial charge is 0.457 e. The molecule has 0 aromatic heterocycles. The van der Waals surface area contributed by atoms with Crippen molar-refractivity contribution >= 4 is 21.5 Å². The van der Waals surface area contributed by atoms with E-state index in [1.807, 2.05) is 0 Å². The van der Waals surface area contributed by atoms with Crippen molar-refractivity contribution in [2.24, 2.45) is 0 Å². The Morgan fingerprint density at radius 2 is 1.13 bits per heavy atom. The molecule has 5 aromatic rings. The van der Waals surface area contributed by atoms with Crippen LogP contribution in [0.1, 0.15) is 35.1 Å². The van der Waals surface area contributed by atoms with Gasteiger partial charge in [0, 0.05) is 17.0 Å². The zero-order valence-corrected chi connectivity index (χ0v) is 16.9. The van der Waals surface area contributed by atoms with Gasteiger partial charge in [-0.1, -0.05) is 91.9 Å². The number of aryl methyl sites for hydroxylation is 1. The summed E-state index contributed by atoms with van der Waals surface area (Å²) in [6.45, 7) is 2.20. The molecule has 0 N–H and O–H groups in total. The lowest BCUT2D eigenvalue weighted by Crippen LogP contribution is -2.13. The maximum atomic E-state index is 6.49. The first-order chi connectivity index (χ1) is 14.8. The van der Waals surface area contributed by atoms with Gasteiger partial charge in [-0.2, -0.15) is 0 Å². The molecule has 6 rings (SSSR count). The summed E-state index contributed by atoms with van der Waals surface area (Å²) in [4.78, 5) is 0. The van der Waals surface area contributed by atoms with E-state index in [9.17, 15) is 0 Å². The lowest BCUT2D eigenvalue weighted by atomic mass is 9.78. The summed E-state index contributed by atoms with van der Waals surface area (Å²) in [5.74, 6) is 2.05. The Balaban J connectivity index is 1.72. The smallest absolute Gasteiger partial charge is 0.132 e. The molecule has 0 fully saturated rings. The average Bonchev–Trinajstić information content (AvgIpc) is 2.82. The van der Waals surface area contributed by atoms with Gasteiger partial charge in [-0.15, -0.1) is 0 Å². The van der Waals surface area contributed by atoms with Crippen LogP contribution in [0.3, 0.4) is 0 Å². The van der Waals surface area contributed by atoms with Crippen LogP contribution >= 0.6 is 0 Å². The Morgan fingerprint density at radius 3 is 1.67 bits per heavy atom. The van der Waals surface area contributed by atoms with Crippen molar-refractivity contribution in [2.75, 3.05) is 0 Å². The fourth-order valence-corrected chi connectivity index (χ4v) is 4.87. The standard InChI is InChI=1S/C29H22O/c1-2-19-11-13-22(14-12-19)27-28-23-9-5-3-7-20(23)15-17-25(28)30-26-18-16-21-8-4-6-10-24(21)29(26)27/h3-18,27H,2H2,1H3. The van der Waals surface area contributed by atoms with E-state index in [1.54, 1.807) is 0 Å². The highest BCUT2D eigenvalue weighted by Crippen LogP contribution is 2.52. The van der Waals surface area contributed by atoms with E-state index in [4.69, 9.17) is 4.74 Å². The lowest BCUT2D eigenvalue weighted by molar-refractivity contribution is 0.456. The van der Waals surface area contributed by atoms with Crippen molar-refractivity contribution in [3.63, 3.8) is 0 Å². The first-order valence-electron chi connectivity index (χ1n) is 10.6. The van der Waals surface area contributed by atoms with Crippen molar-refractivity contribution in [1.29, 1.82) is 0 Å². The fourth-order valence-electron chi connectivity index (χ4n) is 4.87. The summed E-state index contributed by atoms with van der Waals surface area (Å²) < 4.78 is 6.49. The number of hydrogen-bond acceptors (Lipinski definition) is 1. The number of hydrogen-bond donors (Lipinski definition) is 0. The Hall–Kier alpha value is -3.58. The van der Waals surface area contributed by atoms with E-state index in [0.29, 0.717) is 0 Å². The summed E-state index contributed by atoms with van der Waals surface area (Å²) in [5, 5.41) is 5.02. The highest BCUT2D eigenvalue weighted by atomic mass is 16.5. The van der Waals surface area contributed by atoms with Crippen LogP contribution in [0.15, 0.2) is 97.1 Å². The molecule has 0 saturated carbocycles. The minimum atomic E-state index is 0.131. The number of rotatable bonds is 2. The molecule has 30 heavy (non-hydrogen) atoms. The number of benzene rings is 5. The number of fused-ring (bicyclic) bond motifs is 6. The minimum absolute atomic E-state index is 0.131. The van der Waals surface area contributed by atoms with Crippen molar-refractivity contribution in [3.05, 3.63) is 119 Å². The third-order valence-electron chi connectivity index (χ3n) is 6.38. The van der Waals surface area contributed by atoms with E-state index < -0.39 is 0 Å². The monoisotopic (exact) mass is 386 g/mol. The summed E-state index contributed by atoms with van der Waals surface area (Å²) in [6, 6.07) is 35.0. The molecular formula is C29H22O. The molecule has 144 valence electrons. The van der Waals surface area contributed by atoms with Crippen LogP contribution in [0.2, 0.25) is 0 Å². The van der Waals surface area contributed by atoms with Gasteiger partial charge in [0.2, 0.25) is 0 Å². The van der Waals surface area contributed by atoms with Crippen molar-refractivity contribution in [1.82, 2.24) is 0 Å². The zero-order valence-electron chi connectivity index (χ0n) is 16.9. The predicted molar refractivity (Wildman–Crippen MR) is 125 cm³/mol. The topological polar surface area (TPSA) is 9.23 Å². The molecular weight excluding hydrogens is 364 g/mol. The van der Waals surface area contributed by atoms with Crippen LogP contribution in [0.5, 0.6) is 11.5 Å². The third-order valence-corrected chi connectivity index (χ3v) is 6.38. The fraction of sp³-hybridized carbons (Fsp3) is 0.103. The van der Waals surface area contributed by atoms with Crippen LogP contribution in [0.4, 0.5) is 0 Å². The first kappa shape index (κ1) is 17.3. The highest BCUT2D eigenvalue weighted by molar-refractivity contribution is 5.95. The van der Waals surface area contributed by atoms with Crippen LogP contribution < -0.4 is 4.74 Å². The van der Waals surface area contributed by atoms with Crippen molar-refractivity contribution < 1.29 is 4.74 Å². The molecule has 0 amide bonds. The Morgan fingerprint density at radius 1 is 0.600 bits per heavy atom. The zero-order chi connectivity index (χ0) is 20.1.